The standard InChI is InChI=1S/C25H30N4O4S/c1-2-18-12-21-22(26-25(27-23(21)34-18)33-15-17(31)14-30)28-8-10-29(11-9-28)24(32)20-13-19(20)16-6-4-3-5-7-16/h3-7,12,17,19-20,30-31H,2,8-11,13-15H2,1H3. The Kier molecular flexibility index (Phi) is 6.67. The van der Waals surface area contributed by atoms with Crippen molar-refractivity contribution in [2.75, 3.05) is 44.3 Å². The molecule has 1 amide bonds. The summed E-state index contributed by atoms with van der Waals surface area (Å²) in [5.41, 5.74) is 1.26. The number of fused-ring (bicyclic) bond motifs is 1. The van der Waals surface area contributed by atoms with E-state index in [1.807, 2.05) is 23.1 Å². The molecule has 3 aromatic rings. The van der Waals surface area contributed by atoms with E-state index in [1.54, 1.807) is 11.3 Å². The Hall–Kier alpha value is -2.75. The van der Waals surface area contributed by atoms with Crippen LogP contribution in [0, 0.1) is 5.92 Å². The van der Waals surface area contributed by atoms with Crippen LogP contribution in [0.5, 0.6) is 6.01 Å². The average Bonchev–Trinajstić information content (AvgIpc) is 3.58. The molecule has 2 fully saturated rings. The van der Waals surface area contributed by atoms with Crippen molar-refractivity contribution in [2.45, 2.75) is 31.8 Å². The van der Waals surface area contributed by atoms with E-state index in [0.29, 0.717) is 32.1 Å². The molecule has 1 saturated heterocycles. The molecule has 1 saturated carbocycles. The van der Waals surface area contributed by atoms with Gasteiger partial charge in [0.15, 0.2) is 0 Å². The molecule has 5 rings (SSSR count). The fourth-order valence-electron chi connectivity index (χ4n) is 4.55. The van der Waals surface area contributed by atoms with Crippen molar-refractivity contribution >= 4 is 33.3 Å². The number of piperazine rings is 1. The Morgan fingerprint density at radius 1 is 1.21 bits per heavy atom. The number of aliphatic hydroxyl groups is 2. The zero-order valence-corrected chi connectivity index (χ0v) is 20.1. The topological polar surface area (TPSA) is 99.0 Å². The van der Waals surface area contributed by atoms with Crippen LogP contribution in [0.4, 0.5) is 5.82 Å². The lowest BCUT2D eigenvalue weighted by atomic mass is 10.1. The number of aliphatic hydroxyl groups excluding tert-OH is 2. The largest absolute Gasteiger partial charge is 0.461 e. The van der Waals surface area contributed by atoms with Gasteiger partial charge >= 0.3 is 6.01 Å². The maximum absolute atomic E-state index is 13.1. The fourth-order valence-corrected chi connectivity index (χ4v) is 5.50. The van der Waals surface area contributed by atoms with E-state index in [1.165, 1.54) is 10.4 Å². The highest BCUT2D eigenvalue weighted by molar-refractivity contribution is 7.18. The number of carbonyl (C=O) groups excluding carboxylic acids is 1. The van der Waals surface area contributed by atoms with Crippen LogP contribution in [0.15, 0.2) is 36.4 Å². The number of thiophene rings is 1. The lowest BCUT2D eigenvalue weighted by molar-refractivity contribution is -0.133. The molecule has 2 aliphatic rings. The average molecular weight is 483 g/mol. The minimum absolute atomic E-state index is 0.0697. The van der Waals surface area contributed by atoms with Gasteiger partial charge in [-0.25, -0.2) is 0 Å². The van der Waals surface area contributed by atoms with Gasteiger partial charge < -0.3 is 24.7 Å². The summed E-state index contributed by atoms with van der Waals surface area (Å²) in [6.07, 6.45) is 0.866. The number of aromatic nitrogens is 2. The molecular formula is C25H30N4O4S. The number of hydrogen-bond acceptors (Lipinski definition) is 8. The predicted octanol–water partition coefficient (Wildman–Crippen LogP) is 2.44. The third-order valence-corrected chi connectivity index (χ3v) is 7.77. The van der Waals surface area contributed by atoms with Crippen LogP contribution in [0.25, 0.3) is 10.2 Å². The summed E-state index contributed by atoms with van der Waals surface area (Å²) < 4.78 is 5.58. The Balaban J connectivity index is 1.28. The Morgan fingerprint density at radius 3 is 2.68 bits per heavy atom. The molecule has 0 radical (unpaired) electrons. The molecule has 180 valence electrons. The molecule has 0 spiro atoms. The number of ether oxygens (including phenoxy) is 1. The quantitative estimate of drug-likeness (QED) is 0.509. The lowest BCUT2D eigenvalue weighted by Gasteiger charge is -2.36. The van der Waals surface area contributed by atoms with Gasteiger partial charge in [-0.2, -0.15) is 9.97 Å². The molecule has 3 heterocycles. The van der Waals surface area contributed by atoms with E-state index in [4.69, 9.17) is 9.84 Å². The molecule has 34 heavy (non-hydrogen) atoms. The van der Waals surface area contributed by atoms with E-state index >= 15 is 0 Å². The number of nitrogens with zero attached hydrogens (tertiary/aromatic N) is 4. The molecule has 3 atom stereocenters. The number of carbonyl (C=O) groups is 1. The minimum atomic E-state index is -0.978. The number of hydrogen-bond donors (Lipinski definition) is 2. The number of rotatable bonds is 8. The molecule has 9 heteroatoms. The van der Waals surface area contributed by atoms with Crippen molar-refractivity contribution in [1.29, 1.82) is 0 Å². The highest BCUT2D eigenvalue weighted by atomic mass is 32.1. The summed E-state index contributed by atoms with van der Waals surface area (Å²) in [5.74, 6) is 1.50. The summed E-state index contributed by atoms with van der Waals surface area (Å²) in [5, 5.41) is 19.7. The van der Waals surface area contributed by atoms with Crippen LogP contribution in [0.2, 0.25) is 0 Å². The maximum atomic E-state index is 13.1. The molecule has 2 N–H and O–H groups in total. The smallest absolute Gasteiger partial charge is 0.319 e. The summed E-state index contributed by atoms with van der Waals surface area (Å²) in [6, 6.07) is 12.6. The highest BCUT2D eigenvalue weighted by Gasteiger charge is 2.46. The normalized spacial score (nSPS) is 21.0. The zero-order valence-electron chi connectivity index (χ0n) is 19.3. The third-order valence-electron chi connectivity index (χ3n) is 6.59. The highest BCUT2D eigenvalue weighted by Crippen LogP contribution is 2.48. The summed E-state index contributed by atoms with van der Waals surface area (Å²) in [7, 11) is 0. The number of benzene rings is 1. The van der Waals surface area contributed by atoms with Gasteiger partial charge in [-0.15, -0.1) is 11.3 Å². The summed E-state index contributed by atoms with van der Waals surface area (Å²) >= 11 is 1.61. The van der Waals surface area contributed by atoms with Crippen LogP contribution in [0.1, 0.15) is 29.7 Å². The zero-order chi connectivity index (χ0) is 23.7. The first kappa shape index (κ1) is 23.0. The lowest BCUT2D eigenvalue weighted by Crippen LogP contribution is -2.49. The van der Waals surface area contributed by atoms with Gasteiger partial charge in [-0.1, -0.05) is 37.3 Å². The van der Waals surface area contributed by atoms with Gasteiger partial charge in [0.2, 0.25) is 5.91 Å². The van der Waals surface area contributed by atoms with Gasteiger partial charge in [0.05, 0.1) is 12.0 Å². The van der Waals surface area contributed by atoms with E-state index in [2.05, 4.69) is 40.0 Å². The molecule has 1 aromatic carbocycles. The second-order valence-electron chi connectivity index (χ2n) is 8.93. The minimum Gasteiger partial charge on any atom is -0.461 e. The van der Waals surface area contributed by atoms with Crippen molar-refractivity contribution < 1.29 is 19.7 Å². The van der Waals surface area contributed by atoms with Crippen molar-refractivity contribution in [1.82, 2.24) is 14.9 Å². The third kappa shape index (κ3) is 4.73. The predicted molar refractivity (Wildman–Crippen MR) is 131 cm³/mol. The Labute approximate surface area is 202 Å². The Bertz CT molecular complexity index is 1150. The molecule has 3 unspecified atom stereocenters. The fraction of sp³-hybridized carbons (Fsp3) is 0.480. The molecule has 8 nitrogen and oxygen atoms in total. The van der Waals surface area contributed by atoms with E-state index in [0.717, 1.165) is 28.9 Å². The van der Waals surface area contributed by atoms with Crippen LogP contribution < -0.4 is 9.64 Å². The Morgan fingerprint density at radius 2 is 1.97 bits per heavy atom. The van der Waals surface area contributed by atoms with Gasteiger partial charge in [0, 0.05) is 37.0 Å². The van der Waals surface area contributed by atoms with Gasteiger partial charge in [0.25, 0.3) is 0 Å². The van der Waals surface area contributed by atoms with Gasteiger partial charge in [0.1, 0.15) is 23.4 Å². The van der Waals surface area contributed by atoms with Gasteiger partial charge in [-0.05, 0) is 30.4 Å². The second-order valence-corrected chi connectivity index (χ2v) is 10.0. The second kappa shape index (κ2) is 9.85. The first-order valence-corrected chi connectivity index (χ1v) is 12.7. The molecule has 2 aromatic heterocycles. The van der Waals surface area contributed by atoms with Crippen molar-refractivity contribution in [2.24, 2.45) is 5.92 Å². The SMILES string of the molecule is CCc1cc2c(N3CCN(C(=O)C4CC4c4ccccc4)CC3)nc(OCC(O)CO)nc2s1. The van der Waals surface area contributed by atoms with E-state index < -0.39 is 6.10 Å². The summed E-state index contributed by atoms with van der Waals surface area (Å²) in [4.78, 5) is 28.5. The first-order valence-electron chi connectivity index (χ1n) is 11.9. The number of anilines is 1. The van der Waals surface area contributed by atoms with Crippen LogP contribution in [0.3, 0.4) is 0 Å². The first-order chi connectivity index (χ1) is 16.6. The van der Waals surface area contributed by atoms with Gasteiger partial charge in [-0.3, -0.25) is 4.79 Å². The number of amides is 1. The van der Waals surface area contributed by atoms with E-state index in [9.17, 15) is 9.90 Å². The van der Waals surface area contributed by atoms with Crippen LogP contribution >= 0.6 is 11.3 Å². The molecule has 1 aliphatic carbocycles. The van der Waals surface area contributed by atoms with Crippen molar-refractivity contribution in [3.8, 4) is 6.01 Å². The molecule has 0 bridgehead atoms. The molecule has 1 aliphatic heterocycles. The molecular weight excluding hydrogens is 452 g/mol. The van der Waals surface area contributed by atoms with Crippen LogP contribution in [-0.2, 0) is 11.2 Å². The van der Waals surface area contributed by atoms with Crippen molar-refractivity contribution in [3.05, 3.63) is 46.8 Å². The summed E-state index contributed by atoms with van der Waals surface area (Å²) in [6.45, 7) is 4.36. The van der Waals surface area contributed by atoms with Crippen LogP contribution in [-0.4, -0.2) is 76.5 Å². The monoisotopic (exact) mass is 482 g/mol. The number of aryl methyl sites for hydroxylation is 1. The van der Waals surface area contributed by atoms with Crippen molar-refractivity contribution in [3.63, 3.8) is 0 Å². The maximum Gasteiger partial charge on any atom is 0.319 e. The van der Waals surface area contributed by atoms with E-state index in [-0.39, 0.29) is 31.0 Å².